The zero-order chi connectivity index (χ0) is 20.4. The van der Waals surface area contributed by atoms with Crippen molar-refractivity contribution in [1.29, 1.82) is 0 Å². The van der Waals surface area contributed by atoms with Crippen LogP contribution < -0.4 is 0 Å². The molecule has 0 aromatic carbocycles. The molecule has 0 aliphatic heterocycles. The van der Waals surface area contributed by atoms with Gasteiger partial charge in [-0.25, -0.2) is 0 Å². The van der Waals surface area contributed by atoms with Crippen molar-refractivity contribution in [3.05, 3.63) is 0 Å². The van der Waals surface area contributed by atoms with E-state index in [1.54, 1.807) is 0 Å². The second kappa shape index (κ2) is 6.95. The largest absolute Gasteiger partial charge is 0.469 e. The standard InChI is InChI=1S/C23H38O5/c1-12(21(27)28-4)15-5-6-16-20-17(11-19(26)23(15,16)3)22(2)8-7-14(24)9-13(22)10-18(20)25/h12-20,24-26H,5-11H2,1-4H3/t12-,13-,14+,15-,16+,17+,18-,19-,20+,22+,23-/m1/s1. The van der Waals surface area contributed by atoms with Gasteiger partial charge in [0, 0.05) is 5.41 Å². The monoisotopic (exact) mass is 394 g/mol. The molecule has 4 rings (SSSR count). The molecule has 0 spiro atoms. The zero-order valence-corrected chi connectivity index (χ0v) is 17.8. The van der Waals surface area contributed by atoms with Crippen molar-refractivity contribution >= 4 is 5.97 Å². The third kappa shape index (κ3) is 2.72. The fourth-order valence-corrected chi connectivity index (χ4v) is 8.37. The number of esters is 1. The lowest BCUT2D eigenvalue weighted by molar-refractivity contribution is -0.207. The van der Waals surface area contributed by atoms with Gasteiger partial charge >= 0.3 is 5.97 Å². The van der Waals surface area contributed by atoms with Crippen LogP contribution in [0.25, 0.3) is 0 Å². The first-order valence-corrected chi connectivity index (χ1v) is 11.3. The smallest absolute Gasteiger partial charge is 0.308 e. The molecule has 4 fully saturated rings. The summed E-state index contributed by atoms with van der Waals surface area (Å²) in [6.07, 6.45) is 4.80. The fraction of sp³-hybridized carbons (Fsp3) is 0.957. The van der Waals surface area contributed by atoms with Crippen LogP contribution in [-0.2, 0) is 9.53 Å². The maximum absolute atomic E-state index is 12.3. The van der Waals surface area contributed by atoms with Gasteiger partial charge in [0.15, 0.2) is 0 Å². The Labute approximate surface area is 168 Å². The van der Waals surface area contributed by atoms with Crippen LogP contribution in [0, 0.1) is 46.3 Å². The molecule has 5 nitrogen and oxygen atoms in total. The van der Waals surface area contributed by atoms with Crippen LogP contribution in [0.4, 0.5) is 0 Å². The van der Waals surface area contributed by atoms with Crippen LogP contribution in [0.1, 0.15) is 65.7 Å². The molecule has 160 valence electrons. The first-order chi connectivity index (χ1) is 13.1. The quantitative estimate of drug-likeness (QED) is 0.627. The molecule has 0 unspecified atom stereocenters. The van der Waals surface area contributed by atoms with E-state index >= 15 is 0 Å². The molecule has 0 bridgehead atoms. The summed E-state index contributed by atoms with van der Waals surface area (Å²) in [5, 5.41) is 32.8. The molecular formula is C23H38O5. The molecule has 4 aliphatic rings. The lowest BCUT2D eigenvalue weighted by Gasteiger charge is -2.63. The summed E-state index contributed by atoms with van der Waals surface area (Å²) in [7, 11) is 1.43. The average Bonchev–Trinajstić information content (AvgIpc) is 3.01. The van der Waals surface area contributed by atoms with Gasteiger partial charge in [-0.15, -0.1) is 0 Å². The lowest BCUT2D eigenvalue weighted by Crippen LogP contribution is -2.62. The molecule has 0 heterocycles. The van der Waals surface area contributed by atoms with Gasteiger partial charge in [0.05, 0.1) is 31.3 Å². The summed E-state index contributed by atoms with van der Waals surface area (Å²) < 4.78 is 5.02. The Morgan fingerprint density at radius 1 is 1.04 bits per heavy atom. The number of hydrogen-bond acceptors (Lipinski definition) is 5. The van der Waals surface area contributed by atoms with Crippen molar-refractivity contribution in [3.8, 4) is 0 Å². The van der Waals surface area contributed by atoms with Gasteiger partial charge in [-0.1, -0.05) is 20.8 Å². The summed E-state index contributed by atoms with van der Waals surface area (Å²) in [4.78, 5) is 12.3. The van der Waals surface area contributed by atoms with Crippen LogP contribution >= 0.6 is 0 Å². The molecule has 0 saturated heterocycles. The molecule has 5 heteroatoms. The van der Waals surface area contributed by atoms with E-state index in [1.165, 1.54) is 7.11 Å². The van der Waals surface area contributed by atoms with Crippen LogP contribution in [-0.4, -0.2) is 46.7 Å². The second-order valence-electron chi connectivity index (χ2n) is 10.8. The molecule has 0 amide bonds. The maximum Gasteiger partial charge on any atom is 0.308 e. The predicted octanol–water partition coefficient (Wildman–Crippen LogP) is 2.76. The molecule has 0 aromatic heterocycles. The third-order valence-corrected chi connectivity index (χ3v) is 10.0. The highest BCUT2D eigenvalue weighted by molar-refractivity contribution is 5.72. The van der Waals surface area contributed by atoms with Gasteiger partial charge in [-0.2, -0.15) is 0 Å². The van der Waals surface area contributed by atoms with Crippen LogP contribution in [0.2, 0.25) is 0 Å². The molecular weight excluding hydrogens is 356 g/mol. The highest BCUT2D eigenvalue weighted by atomic mass is 16.5. The summed E-state index contributed by atoms with van der Waals surface area (Å²) >= 11 is 0. The number of methoxy groups -OCH3 is 1. The Morgan fingerprint density at radius 2 is 1.75 bits per heavy atom. The number of fused-ring (bicyclic) bond motifs is 5. The minimum atomic E-state index is -0.465. The van der Waals surface area contributed by atoms with Crippen LogP contribution in [0.15, 0.2) is 0 Å². The minimum Gasteiger partial charge on any atom is -0.469 e. The van der Waals surface area contributed by atoms with E-state index in [1.807, 2.05) is 6.92 Å². The van der Waals surface area contributed by atoms with E-state index in [9.17, 15) is 20.1 Å². The first kappa shape index (κ1) is 20.6. The molecule has 28 heavy (non-hydrogen) atoms. The predicted molar refractivity (Wildman–Crippen MR) is 105 cm³/mol. The van der Waals surface area contributed by atoms with Crippen LogP contribution in [0.5, 0.6) is 0 Å². The van der Waals surface area contributed by atoms with E-state index < -0.39 is 6.10 Å². The second-order valence-corrected chi connectivity index (χ2v) is 10.8. The number of aliphatic hydroxyl groups is 3. The minimum absolute atomic E-state index is 0.0808. The van der Waals surface area contributed by atoms with Crippen molar-refractivity contribution < 1.29 is 24.9 Å². The number of aliphatic hydroxyl groups excluding tert-OH is 3. The van der Waals surface area contributed by atoms with Crippen molar-refractivity contribution in [2.45, 2.75) is 84.0 Å². The van der Waals surface area contributed by atoms with Crippen molar-refractivity contribution in [2.24, 2.45) is 46.3 Å². The molecule has 11 atom stereocenters. The van der Waals surface area contributed by atoms with E-state index in [2.05, 4.69) is 13.8 Å². The van der Waals surface area contributed by atoms with Gasteiger partial charge in [0.1, 0.15) is 0 Å². The molecule has 0 radical (unpaired) electrons. The highest BCUT2D eigenvalue weighted by Crippen LogP contribution is 2.68. The van der Waals surface area contributed by atoms with E-state index in [0.717, 1.165) is 38.5 Å². The van der Waals surface area contributed by atoms with Crippen molar-refractivity contribution in [3.63, 3.8) is 0 Å². The Kier molecular flexibility index (Phi) is 5.12. The molecule has 3 N–H and O–H groups in total. The Morgan fingerprint density at radius 3 is 2.43 bits per heavy atom. The van der Waals surface area contributed by atoms with Gasteiger partial charge in [0.25, 0.3) is 0 Å². The number of rotatable bonds is 2. The summed E-state index contributed by atoms with van der Waals surface area (Å²) in [6, 6.07) is 0. The average molecular weight is 395 g/mol. The fourth-order valence-electron chi connectivity index (χ4n) is 8.37. The van der Waals surface area contributed by atoms with Crippen LogP contribution in [0.3, 0.4) is 0 Å². The summed E-state index contributed by atoms with van der Waals surface area (Å²) in [6.45, 7) is 6.42. The van der Waals surface area contributed by atoms with Crippen molar-refractivity contribution in [1.82, 2.24) is 0 Å². The zero-order valence-electron chi connectivity index (χ0n) is 17.8. The summed E-state index contributed by atoms with van der Waals surface area (Å²) in [5.74, 6) is 0.688. The Balaban J connectivity index is 1.67. The number of carbonyl (C=O) groups is 1. The molecule has 4 aliphatic carbocycles. The van der Waals surface area contributed by atoms with Crippen molar-refractivity contribution in [2.75, 3.05) is 7.11 Å². The van der Waals surface area contributed by atoms with Gasteiger partial charge in [-0.05, 0) is 80.0 Å². The Hall–Kier alpha value is -0.650. The number of ether oxygens (including phenoxy) is 1. The summed E-state index contributed by atoms with van der Waals surface area (Å²) in [5.41, 5.74) is -0.273. The highest BCUT2D eigenvalue weighted by Gasteiger charge is 2.66. The maximum atomic E-state index is 12.3. The number of carbonyl (C=O) groups excluding carboxylic acids is 1. The SMILES string of the molecule is COC(=O)[C@H](C)[C@H]1CC[C@H]2[C@@H]3[C@H](O)C[C@H]4C[C@@H](O)CC[C@]4(C)[C@H]3C[C@@H](O)[C@]12C. The number of hydrogen-bond donors (Lipinski definition) is 3. The van der Waals surface area contributed by atoms with E-state index in [-0.39, 0.29) is 58.6 Å². The van der Waals surface area contributed by atoms with E-state index in [0.29, 0.717) is 12.3 Å². The van der Waals surface area contributed by atoms with Gasteiger partial charge in [0.2, 0.25) is 0 Å². The topological polar surface area (TPSA) is 87.0 Å². The Bertz CT molecular complexity index is 622. The first-order valence-electron chi connectivity index (χ1n) is 11.3. The van der Waals surface area contributed by atoms with E-state index in [4.69, 9.17) is 4.74 Å². The van der Waals surface area contributed by atoms with Gasteiger partial charge < -0.3 is 20.1 Å². The normalized spacial score (nSPS) is 54.2. The lowest BCUT2D eigenvalue weighted by atomic mass is 9.43. The third-order valence-electron chi connectivity index (χ3n) is 10.0. The van der Waals surface area contributed by atoms with Gasteiger partial charge in [-0.3, -0.25) is 4.79 Å². The molecule has 0 aromatic rings. The molecule has 4 saturated carbocycles.